The SMILES string of the molecule is Cc1ccc(C)c(C(C)(N)c2cccc3cccnc23)c1. The van der Waals surface area contributed by atoms with Gasteiger partial charge in [0.25, 0.3) is 0 Å². The number of rotatable bonds is 2. The van der Waals surface area contributed by atoms with Crippen LogP contribution < -0.4 is 5.73 Å². The van der Waals surface area contributed by atoms with Gasteiger partial charge in [-0.15, -0.1) is 0 Å². The third-order valence-corrected chi connectivity index (χ3v) is 4.14. The second-order valence-electron chi connectivity index (χ2n) is 5.90. The molecular formula is C19H20N2. The maximum atomic E-state index is 6.76. The Morgan fingerprint density at radius 1 is 0.952 bits per heavy atom. The van der Waals surface area contributed by atoms with E-state index in [0.717, 1.165) is 22.0 Å². The number of nitrogens with two attached hydrogens (primary N) is 1. The van der Waals surface area contributed by atoms with Crippen molar-refractivity contribution in [2.24, 2.45) is 5.73 Å². The molecular weight excluding hydrogens is 256 g/mol. The van der Waals surface area contributed by atoms with Crippen molar-refractivity contribution in [1.29, 1.82) is 0 Å². The van der Waals surface area contributed by atoms with Crippen LogP contribution in [0.3, 0.4) is 0 Å². The zero-order valence-corrected chi connectivity index (χ0v) is 12.7. The first kappa shape index (κ1) is 13.8. The van der Waals surface area contributed by atoms with E-state index < -0.39 is 5.54 Å². The van der Waals surface area contributed by atoms with Gasteiger partial charge in [-0.3, -0.25) is 4.98 Å². The zero-order chi connectivity index (χ0) is 15.0. The van der Waals surface area contributed by atoms with Crippen molar-refractivity contribution in [2.75, 3.05) is 0 Å². The lowest BCUT2D eigenvalue weighted by Gasteiger charge is -2.29. The molecule has 2 nitrogen and oxygen atoms in total. The molecule has 0 aliphatic carbocycles. The van der Waals surface area contributed by atoms with Crippen molar-refractivity contribution in [2.45, 2.75) is 26.3 Å². The largest absolute Gasteiger partial charge is 0.318 e. The summed E-state index contributed by atoms with van der Waals surface area (Å²) >= 11 is 0. The van der Waals surface area contributed by atoms with E-state index in [1.54, 1.807) is 0 Å². The Kier molecular flexibility index (Phi) is 3.26. The highest BCUT2D eigenvalue weighted by molar-refractivity contribution is 5.83. The fraction of sp³-hybridized carbons (Fsp3) is 0.211. The molecule has 0 bridgehead atoms. The number of benzene rings is 2. The van der Waals surface area contributed by atoms with Crippen molar-refractivity contribution >= 4 is 10.9 Å². The molecule has 0 amide bonds. The quantitative estimate of drug-likeness (QED) is 0.766. The summed E-state index contributed by atoms with van der Waals surface area (Å²) in [6.07, 6.45) is 1.82. The lowest BCUT2D eigenvalue weighted by Crippen LogP contribution is -2.35. The van der Waals surface area contributed by atoms with Crippen molar-refractivity contribution < 1.29 is 0 Å². The second-order valence-corrected chi connectivity index (χ2v) is 5.90. The molecule has 1 heterocycles. The van der Waals surface area contributed by atoms with Gasteiger partial charge in [0.2, 0.25) is 0 Å². The molecule has 21 heavy (non-hydrogen) atoms. The maximum absolute atomic E-state index is 6.76. The fourth-order valence-electron chi connectivity index (χ4n) is 2.96. The smallest absolute Gasteiger partial charge is 0.0755 e. The Balaban J connectivity index is 2.27. The van der Waals surface area contributed by atoms with E-state index in [2.05, 4.69) is 68.2 Å². The molecule has 2 heteroatoms. The van der Waals surface area contributed by atoms with Gasteiger partial charge in [-0.2, -0.15) is 0 Å². The Morgan fingerprint density at radius 3 is 2.52 bits per heavy atom. The third-order valence-electron chi connectivity index (χ3n) is 4.14. The van der Waals surface area contributed by atoms with Crippen LogP contribution in [0.15, 0.2) is 54.7 Å². The number of hydrogen-bond acceptors (Lipinski definition) is 2. The Bertz CT molecular complexity index is 798. The van der Waals surface area contributed by atoms with E-state index in [1.165, 1.54) is 11.1 Å². The molecule has 0 aliphatic heterocycles. The summed E-state index contributed by atoms with van der Waals surface area (Å²) in [5, 5.41) is 1.12. The van der Waals surface area contributed by atoms with Gasteiger partial charge in [0.15, 0.2) is 0 Å². The van der Waals surface area contributed by atoms with E-state index in [0.29, 0.717) is 0 Å². The van der Waals surface area contributed by atoms with Crippen LogP contribution in [0.4, 0.5) is 0 Å². The van der Waals surface area contributed by atoms with Crippen LogP contribution in [0, 0.1) is 13.8 Å². The van der Waals surface area contributed by atoms with Crippen LogP contribution >= 0.6 is 0 Å². The number of hydrogen-bond donors (Lipinski definition) is 1. The van der Waals surface area contributed by atoms with E-state index in [4.69, 9.17) is 5.73 Å². The van der Waals surface area contributed by atoms with Crippen molar-refractivity contribution in [1.82, 2.24) is 4.98 Å². The average molecular weight is 276 g/mol. The first-order valence-corrected chi connectivity index (χ1v) is 7.21. The minimum Gasteiger partial charge on any atom is -0.318 e. The minimum absolute atomic E-state index is 0.566. The van der Waals surface area contributed by atoms with Crippen molar-refractivity contribution in [3.05, 3.63) is 77.0 Å². The van der Waals surface area contributed by atoms with E-state index in [-0.39, 0.29) is 0 Å². The topological polar surface area (TPSA) is 38.9 Å². The van der Waals surface area contributed by atoms with Crippen LogP contribution in [0.5, 0.6) is 0 Å². The Morgan fingerprint density at radius 2 is 1.71 bits per heavy atom. The van der Waals surface area contributed by atoms with Crippen molar-refractivity contribution in [3.8, 4) is 0 Å². The van der Waals surface area contributed by atoms with Gasteiger partial charge in [-0.25, -0.2) is 0 Å². The van der Waals surface area contributed by atoms with Gasteiger partial charge in [0.1, 0.15) is 0 Å². The number of aromatic nitrogens is 1. The molecule has 0 saturated heterocycles. The standard InChI is InChI=1S/C19H20N2/c1-13-9-10-14(2)17(12-13)19(3,20)16-8-4-6-15-7-5-11-21-18(15)16/h4-12H,20H2,1-3H3. The second kappa shape index (κ2) is 4.97. The molecule has 0 spiro atoms. The Labute approximate surface area is 125 Å². The van der Waals surface area contributed by atoms with E-state index in [1.807, 2.05) is 12.3 Å². The minimum atomic E-state index is -0.566. The zero-order valence-electron chi connectivity index (χ0n) is 12.7. The third kappa shape index (κ3) is 2.32. The molecule has 106 valence electrons. The lowest BCUT2D eigenvalue weighted by atomic mass is 9.81. The highest BCUT2D eigenvalue weighted by Crippen LogP contribution is 2.33. The van der Waals surface area contributed by atoms with Gasteiger partial charge in [-0.05, 0) is 38.0 Å². The molecule has 1 atom stereocenters. The molecule has 1 aromatic heterocycles. The summed E-state index contributed by atoms with van der Waals surface area (Å²) < 4.78 is 0. The van der Waals surface area contributed by atoms with Gasteiger partial charge in [0.05, 0.1) is 11.1 Å². The molecule has 0 fully saturated rings. The lowest BCUT2D eigenvalue weighted by molar-refractivity contribution is 0.602. The Hall–Kier alpha value is -2.19. The van der Waals surface area contributed by atoms with E-state index in [9.17, 15) is 0 Å². The summed E-state index contributed by atoms with van der Waals surface area (Å²) in [4.78, 5) is 4.55. The molecule has 2 N–H and O–H groups in total. The number of pyridine rings is 1. The normalized spacial score (nSPS) is 14.1. The summed E-state index contributed by atoms with van der Waals surface area (Å²) in [6, 6.07) is 16.7. The predicted octanol–water partition coefficient (Wildman–Crippen LogP) is 4.07. The first-order valence-electron chi connectivity index (χ1n) is 7.21. The molecule has 1 unspecified atom stereocenters. The number of fused-ring (bicyclic) bond motifs is 1. The predicted molar refractivity (Wildman–Crippen MR) is 88.3 cm³/mol. The van der Waals surface area contributed by atoms with Crippen LogP contribution in [0.25, 0.3) is 10.9 Å². The number of para-hydroxylation sites is 1. The van der Waals surface area contributed by atoms with Crippen LogP contribution in [0.2, 0.25) is 0 Å². The van der Waals surface area contributed by atoms with Crippen molar-refractivity contribution in [3.63, 3.8) is 0 Å². The molecule has 3 aromatic rings. The molecule has 3 rings (SSSR count). The highest BCUT2D eigenvalue weighted by Gasteiger charge is 2.27. The molecule has 0 radical (unpaired) electrons. The number of aryl methyl sites for hydroxylation is 2. The van der Waals surface area contributed by atoms with Crippen LogP contribution in [-0.2, 0) is 5.54 Å². The molecule has 0 saturated carbocycles. The molecule has 0 aliphatic rings. The maximum Gasteiger partial charge on any atom is 0.0755 e. The van der Waals surface area contributed by atoms with Crippen LogP contribution in [0.1, 0.15) is 29.2 Å². The number of nitrogens with zero attached hydrogens (tertiary/aromatic N) is 1. The summed E-state index contributed by atoms with van der Waals surface area (Å²) in [5.74, 6) is 0. The molecule has 2 aromatic carbocycles. The summed E-state index contributed by atoms with van der Waals surface area (Å²) in [5.41, 5.74) is 11.8. The van der Waals surface area contributed by atoms with Gasteiger partial charge >= 0.3 is 0 Å². The monoisotopic (exact) mass is 276 g/mol. The average Bonchev–Trinajstić information content (AvgIpc) is 2.49. The van der Waals surface area contributed by atoms with Gasteiger partial charge in [-0.1, -0.05) is 48.0 Å². The first-order chi connectivity index (χ1) is 10.00. The van der Waals surface area contributed by atoms with Crippen LogP contribution in [-0.4, -0.2) is 4.98 Å². The highest BCUT2D eigenvalue weighted by atomic mass is 14.8. The summed E-state index contributed by atoms with van der Waals surface area (Å²) in [6.45, 7) is 6.27. The fourth-order valence-corrected chi connectivity index (χ4v) is 2.96. The van der Waals surface area contributed by atoms with Gasteiger partial charge < -0.3 is 5.73 Å². The summed E-state index contributed by atoms with van der Waals surface area (Å²) in [7, 11) is 0. The van der Waals surface area contributed by atoms with Gasteiger partial charge in [0, 0.05) is 17.1 Å². The van der Waals surface area contributed by atoms with E-state index >= 15 is 0 Å².